The van der Waals surface area contributed by atoms with Gasteiger partial charge in [0.2, 0.25) is 5.91 Å². The van der Waals surface area contributed by atoms with E-state index in [2.05, 4.69) is 10.6 Å². The summed E-state index contributed by atoms with van der Waals surface area (Å²) in [4.78, 5) is 24.5. The zero-order valence-electron chi connectivity index (χ0n) is 14.5. The van der Waals surface area contributed by atoms with Gasteiger partial charge in [-0.15, -0.1) is 0 Å². The number of anilines is 2. The van der Waals surface area contributed by atoms with Crippen LogP contribution in [0.25, 0.3) is 0 Å². The lowest BCUT2D eigenvalue weighted by atomic mass is 10.1. The lowest BCUT2D eigenvalue weighted by Gasteiger charge is -2.10. The van der Waals surface area contributed by atoms with Crippen LogP contribution < -0.4 is 10.6 Å². The summed E-state index contributed by atoms with van der Waals surface area (Å²) in [6.07, 6.45) is 0.277. The summed E-state index contributed by atoms with van der Waals surface area (Å²) in [6, 6.07) is 18.9. The number of carbonyl (C=O) groups excluding carboxylic acids is 2. The van der Waals surface area contributed by atoms with Gasteiger partial charge in [-0.2, -0.15) is 0 Å². The number of benzene rings is 3. The minimum Gasteiger partial charge on any atom is -0.326 e. The van der Waals surface area contributed by atoms with Crippen molar-refractivity contribution in [2.24, 2.45) is 0 Å². The number of hydrogen-bond acceptors (Lipinski definition) is 2. The molecule has 2 N–H and O–H groups in total. The molecule has 2 amide bonds. The van der Waals surface area contributed by atoms with Crippen molar-refractivity contribution < 1.29 is 9.59 Å². The van der Waals surface area contributed by atoms with E-state index in [4.69, 9.17) is 34.8 Å². The molecule has 0 radical (unpaired) electrons. The second-order valence-corrected chi connectivity index (χ2v) is 7.21. The van der Waals surface area contributed by atoms with Crippen LogP contribution in [0.5, 0.6) is 0 Å². The number of halogens is 3. The van der Waals surface area contributed by atoms with Gasteiger partial charge in [0.15, 0.2) is 0 Å². The maximum absolute atomic E-state index is 12.4. The smallest absolute Gasteiger partial charge is 0.255 e. The summed E-state index contributed by atoms with van der Waals surface area (Å²) in [6.45, 7) is 0. The Hall–Kier alpha value is -2.53. The van der Waals surface area contributed by atoms with Crippen LogP contribution in [0.15, 0.2) is 66.7 Å². The molecule has 0 aliphatic heterocycles. The molecule has 0 heterocycles. The topological polar surface area (TPSA) is 58.2 Å². The zero-order valence-corrected chi connectivity index (χ0v) is 16.8. The fourth-order valence-electron chi connectivity index (χ4n) is 2.50. The van der Waals surface area contributed by atoms with E-state index in [9.17, 15) is 9.59 Å². The largest absolute Gasteiger partial charge is 0.326 e. The number of hydrogen-bond donors (Lipinski definition) is 2. The van der Waals surface area contributed by atoms with Gasteiger partial charge >= 0.3 is 0 Å². The molecule has 0 saturated carbocycles. The van der Waals surface area contributed by atoms with Crippen molar-refractivity contribution in [1.29, 1.82) is 0 Å². The van der Waals surface area contributed by atoms with E-state index in [-0.39, 0.29) is 28.3 Å². The van der Waals surface area contributed by atoms with E-state index in [1.807, 2.05) is 30.3 Å². The third-order valence-corrected chi connectivity index (χ3v) is 4.93. The Morgan fingerprint density at radius 2 is 1.39 bits per heavy atom. The highest BCUT2D eigenvalue weighted by Crippen LogP contribution is 2.32. The molecule has 28 heavy (non-hydrogen) atoms. The molecule has 0 fully saturated rings. The molecule has 0 aliphatic carbocycles. The first kappa shape index (κ1) is 20.2. The summed E-state index contributed by atoms with van der Waals surface area (Å²) in [5.74, 6) is -0.492. The SMILES string of the molecule is O=C(Cc1ccccc1)Nc1ccc(C(=O)Nc2cc(Cl)c(Cl)cc2Cl)cc1. The molecular formula is C21H15Cl3N2O2. The molecule has 7 heteroatoms. The molecule has 0 atom stereocenters. The Labute approximate surface area is 177 Å². The summed E-state index contributed by atoms with van der Waals surface area (Å²) in [7, 11) is 0. The van der Waals surface area contributed by atoms with Crippen molar-refractivity contribution in [3.05, 3.63) is 92.9 Å². The quantitative estimate of drug-likeness (QED) is 0.479. The van der Waals surface area contributed by atoms with Crippen LogP contribution >= 0.6 is 34.8 Å². The number of carbonyl (C=O) groups is 2. The van der Waals surface area contributed by atoms with Crippen molar-refractivity contribution in [2.75, 3.05) is 10.6 Å². The second kappa shape index (κ2) is 9.11. The first-order valence-electron chi connectivity index (χ1n) is 8.32. The average Bonchev–Trinajstić information content (AvgIpc) is 2.67. The van der Waals surface area contributed by atoms with E-state index in [1.165, 1.54) is 12.1 Å². The van der Waals surface area contributed by atoms with Crippen molar-refractivity contribution in [3.8, 4) is 0 Å². The van der Waals surface area contributed by atoms with Crippen LogP contribution in [0.4, 0.5) is 11.4 Å². The fourth-order valence-corrected chi connectivity index (χ4v) is 3.10. The predicted octanol–water partition coefficient (Wildman–Crippen LogP) is 6.08. The minimum absolute atomic E-state index is 0.133. The highest BCUT2D eigenvalue weighted by atomic mass is 35.5. The fraction of sp³-hybridized carbons (Fsp3) is 0.0476. The highest BCUT2D eigenvalue weighted by Gasteiger charge is 2.12. The van der Waals surface area contributed by atoms with E-state index in [1.54, 1.807) is 24.3 Å². The van der Waals surface area contributed by atoms with Crippen LogP contribution in [0.3, 0.4) is 0 Å². The highest BCUT2D eigenvalue weighted by molar-refractivity contribution is 6.44. The summed E-state index contributed by atoms with van der Waals surface area (Å²) in [5.41, 5.74) is 2.30. The first-order valence-corrected chi connectivity index (χ1v) is 9.45. The average molecular weight is 434 g/mol. The van der Waals surface area contributed by atoms with Gasteiger partial charge in [0.05, 0.1) is 27.2 Å². The third-order valence-electron chi connectivity index (χ3n) is 3.90. The van der Waals surface area contributed by atoms with Crippen molar-refractivity contribution >= 4 is 58.0 Å². The van der Waals surface area contributed by atoms with E-state index >= 15 is 0 Å². The van der Waals surface area contributed by atoms with Crippen LogP contribution in [0.2, 0.25) is 15.1 Å². The van der Waals surface area contributed by atoms with Crippen LogP contribution in [0.1, 0.15) is 15.9 Å². The predicted molar refractivity (Wildman–Crippen MR) is 115 cm³/mol. The number of rotatable bonds is 5. The summed E-state index contributed by atoms with van der Waals surface area (Å²) in [5, 5.41) is 6.37. The van der Waals surface area contributed by atoms with Crippen molar-refractivity contribution in [3.63, 3.8) is 0 Å². The molecule has 3 aromatic rings. The summed E-state index contributed by atoms with van der Waals surface area (Å²) >= 11 is 17.9. The third kappa shape index (κ3) is 5.26. The maximum atomic E-state index is 12.4. The molecule has 142 valence electrons. The molecule has 0 aliphatic rings. The Balaban J connectivity index is 1.63. The number of nitrogens with one attached hydrogen (secondary N) is 2. The lowest BCUT2D eigenvalue weighted by Crippen LogP contribution is -2.15. The Morgan fingerprint density at radius 1 is 0.750 bits per heavy atom. The van der Waals surface area contributed by atoms with Crippen LogP contribution in [-0.2, 0) is 11.2 Å². The van der Waals surface area contributed by atoms with E-state index in [0.29, 0.717) is 22.0 Å². The molecular weight excluding hydrogens is 419 g/mol. The maximum Gasteiger partial charge on any atom is 0.255 e. The monoisotopic (exact) mass is 432 g/mol. The normalized spacial score (nSPS) is 10.4. The van der Waals surface area contributed by atoms with E-state index in [0.717, 1.165) is 5.56 Å². The van der Waals surface area contributed by atoms with Gasteiger partial charge in [-0.1, -0.05) is 65.1 Å². The standard InChI is InChI=1S/C21H15Cl3N2O2/c22-16-11-18(24)19(12-17(16)23)26-21(28)14-6-8-15(9-7-14)25-20(27)10-13-4-2-1-3-5-13/h1-9,11-12H,10H2,(H,25,27)(H,26,28). The molecule has 0 spiro atoms. The van der Waals surface area contributed by atoms with Crippen molar-refractivity contribution in [2.45, 2.75) is 6.42 Å². The Morgan fingerprint density at radius 3 is 2.07 bits per heavy atom. The van der Waals surface area contributed by atoms with Gasteiger partial charge in [0.25, 0.3) is 5.91 Å². The van der Waals surface area contributed by atoms with Gasteiger partial charge in [0.1, 0.15) is 0 Å². The second-order valence-electron chi connectivity index (χ2n) is 5.99. The Bertz CT molecular complexity index is 1010. The van der Waals surface area contributed by atoms with Crippen LogP contribution in [0, 0.1) is 0 Å². The van der Waals surface area contributed by atoms with Gasteiger partial charge in [-0.25, -0.2) is 0 Å². The van der Waals surface area contributed by atoms with Gasteiger partial charge in [-0.3, -0.25) is 9.59 Å². The first-order chi connectivity index (χ1) is 13.4. The molecule has 0 saturated heterocycles. The molecule has 3 aromatic carbocycles. The zero-order chi connectivity index (χ0) is 20.1. The lowest BCUT2D eigenvalue weighted by molar-refractivity contribution is -0.115. The minimum atomic E-state index is -0.359. The van der Waals surface area contributed by atoms with Crippen LogP contribution in [-0.4, -0.2) is 11.8 Å². The number of amides is 2. The molecule has 0 unspecified atom stereocenters. The molecule has 4 nitrogen and oxygen atoms in total. The molecule has 0 aromatic heterocycles. The van der Waals surface area contributed by atoms with Crippen molar-refractivity contribution in [1.82, 2.24) is 0 Å². The molecule has 0 bridgehead atoms. The van der Waals surface area contributed by atoms with Gasteiger partial charge in [0, 0.05) is 11.3 Å². The van der Waals surface area contributed by atoms with Gasteiger partial charge in [-0.05, 0) is 42.0 Å². The van der Waals surface area contributed by atoms with E-state index < -0.39 is 0 Å². The van der Waals surface area contributed by atoms with Gasteiger partial charge < -0.3 is 10.6 Å². The molecule has 3 rings (SSSR count). The Kier molecular flexibility index (Phi) is 6.57. The summed E-state index contributed by atoms with van der Waals surface area (Å²) < 4.78 is 0.